The molecular weight excluding hydrogens is 286 g/mol. The van der Waals surface area contributed by atoms with Crippen LogP contribution in [0.3, 0.4) is 0 Å². The van der Waals surface area contributed by atoms with Gasteiger partial charge in [0.05, 0.1) is 5.69 Å². The van der Waals surface area contributed by atoms with Crippen LogP contribution in [0, 0.1) is 13.8 Å². The Bertz CT molecular complexity index is 614. The van der Waals surface area contributed by atoms with Crippen LogP contribution in [0.1, 0.15) is 30.4 Å². The monoisotopic (exact) mass is 311 g/mol. The molecule has 3 N–H and O–H groups in total. The average Bonchev–Trinajstić information content (AvgIpc) is 2.42. The number of likely N-dealkylation sites (tertiary alicyclic amines) is 1. The number of sulfonamides is 1. The highest BCUT2D eigenvalue weighted by Gasteiger charge is 2.25. The minimum absolute atomic E-state index is 0.223. The molecule has 118 valence electrons. The highest BCUT2D eigenvalue weighted by molar-refractivity contribution is 7.89. The van der Waals surface area contributed by atoms with Crippen molar-refractivity contribution in [2.24, 2.45) is 0 Å². The number of likely N-dealkylation sites (N-methyl/N-ethyl adjacent to an activating group) is 1. The van der Waals surface area contributed by atoms with Crippen LogP contribution < -0.4 is 10.5 Å². The number of piperidine rings is 1. The Hall–Kier alpha value is -1.11. The molecule has 6 heteroatoms. The van der Waals surface area contributed by atoms with Gasteiger partial charge in [-0.05, 0) is 51.4 Å². The second-order valence-corrected chi connectivity index (χ2v) is 7.63. The van der Waals surface area contributed by atoms with E-state index in [1.54, 1.807) is 13.0 Å². The predicted molar refractivity (Wildman–Crippen MR) is 85.8 cm³/mol. The number of nitrogen functional groups attached to an aromatic ring is 1. The summed E-state index contributed by atoms with van der Waals surface area (Å²) in [5.74, 6) is 0. The Morgan fingerprint density at radius 3 is 2.62 bits per heavy atom. The zero-order chi connectivity index (χ0) is 15.6. The van der Waals surface area contributed by atoms with Gasteiger partial charge >= 0.3 is 0 Å². The third kappa shape index (κ3) is 3.56. The molecule has 1 fully saturated rings. The van der Waals surface area contributed by atoms with Crippen molar-refractivity contribution in [2.75, 3.05) is 25.9 Å². The van der Waals surface area contributed by atoms with E-state index in [4.69, 9.17) is 5.73 Å². The van der Waals surface area contributed by atoms with Gasteiger partial charge < -0.3 is 10.6 Å². The summed E-state index contributed by atoms with van der Waals surface area (Å²) in [5, 5.41) is 0. The molecule has 0 saturated carbocycles. The van der Waals surface area contributed by atoms with Crippen LogP contribution in [0.15, 0.2) is 17.0 Å². The Labute approximate surface area is 127 Å². The molecule has 1 heterocycles. The normalized spacial score (nSPS) is 20.6. The topological polar surface area (TPSA) is 75.4 Å². The summed E-state index contributed by atoms with van der Waals surface area (Å²) in [6.45, 7) is 5.06. The lowest BCUT2D eigenvalue weighted by Gasteiger charge is -2.32. The Morgan fingerprint density at radius 1 is 1.29 bits per heavy atom. The van der Waals surface area contributed by atoms with Crippen molar-refractivity contribution >= 4 is 15.7 Å². The van der Waals surface area contributed by atoms with Gasteiger partial charge in [0.15, 0.2) is 0 Å². The molecule has 0 aliphatic carbocycles. The summed E-state index contributed by atoms with van der Waals surface area (Å²) in [5.41, 5.74) is 7.79. The second-order valence-electron chi connectivity index (χ2n) is 5.92. The maximum atomic E-state index is 12.6. The molecule has 2 rings (SSSR count). The molecule has 0 amide bonds. The molecule has 1 aromatic rings. The number of hydrogen-bond acceptors (Lipinski definition) is 4. The van der Waals surface area contributed by atoms with Crippen molar-refractivity contribution in [2.45, 2.75) is 44.0 Å². The SMILES string of the molecule is Cc1ccc(C)c(S(=O)(=O)NCC2CCCCN2C)c1N. The van der Waals surface area contributed by atoms with Gasteiger partial charge in [-0.3, -0.25) is 0 Å². The number of nitrogens with one attached hydrogen (secondary N) is 1. The van der Waals surface area contributed by atoms with Gasteiger partial charge in [0.25, 0.3) is 0 Å². The highest BCUT2D eigenvalue weighted by Crippen LogP contribution is 2.26. The Kier molecular flexibility index (Phi) is 4.91. The van der Waals surface area contributed by atoms with E-state index in [2.05, 4.69) is 9.62 Å². The van der Waals surface area contributed by atoms with Crippen LogP contribution in [0.4, 0.5) is 5.69 Å². The molecule has 0 radical (unpaired) electrons. The van der Waals surface area contributed by atoms with E-state index >= 15 is 0 Å². The number of nitrogens with two attached hydrogens (primary N) is 1. The third-order valence-electron chi connectivity index (χ3n) is 4.31. The standard InChI is InChI=1S/C15H25N3O2S/c1-11-7-8-12(2)15(14(11)16)21(19,20)17-10-13-6-4-5-9-18(13)3/h7-8,13,17H,4-6,9-10,16H2,1-3H3. The molecule has 21 heavy (non-hydrogen) atoms. The fourth-order valence-electron chi connectivity index (χ4n) is 2.84. The van der Waals surface area contributed by atoms with Crippen molar-refractivity contribution in [3.63, 3.8) is 0 Å². The molecular formula is C15H25N3O2S. The van der Waals surface area contributed by atoms with E-state index < -0.39 is 10.0 Å². The van der Waals surface area contributed by atoms with Crippen LogP contribution in [-0.2, 0) is 10.0 Å². The summed E-state index contributed by atoms with van der Waals surface area (Å²) in [7, 11) is -1.52. The molecule has 5 nitrogen and oxygen atoms in total. The smallest absolute Gasteiger partial charge is 0.242 e. The number of benzene rings is 1. The van der Waals surface area contributed by atoms with E-state index in [0.717, 1.165) is 24.9 Å². The molecule has 1 unspecified atom stereocenters. The van der Waals surface area contributed by atoms with Crippen LogP contribution in [0.2, 0.25) is 0 Å². The summed E-state index contributed by atoms with van der Waals surface area (Å²) in [6, 6.07) is 3.91. The average molecular weight is 311 g/mol. The fourth-order valence-corrected chi connectivity index (χ4v) is 4.34. The summed E-state index contributed by atoms with van der Waals surface area (Å²) in [4.78, 5) is 2.44. The fraction of sp³-hybridized carbons (Fsp3) is 0.600. The Balaban J connectivity index is 2.17. The van der Waals surface area contributed by atoms with Crippen LogP contribution in [-0.4, -0.2) is 39.5 Å². The van der Waals surface area contributed by atoms with Gasteiger partial charge in [-0.15, -0.1) is 0 Å². The van der Waals surface area contributed by atoms with E-state index in [1.165, 1.54) is 6.42 Å². The molecule has 1 aliphatic heterocycles. The van der Waals surface area contributed by atoms with Crippen molar-refractivity contribution in [3.8, 4) is 0 Å². The van der Waals surface area contributed by atoms with E-state index in [1.807, 2.05) is 20.0 Å². The molecule has 1 aliphatic rings. The second kappa shape index (κ2) is 6.34. The minimum atomic E-state index is -3.57. The van der Waals surface area contributed by atoms with E-state index in [0.29, 0.717) is 17.8 Å². The van der Waals surface area contributed by atoms with Crippen LogP contribution >= 0.6 is 0 Å². The minimum Gasteiger partial charge on any atom is -0.397 e. The molecule has 1 atom stereocenters. The zero-order valence-electron chi connectivity index (χ0n) is 13.0. The van der Waals surface area contributed by atoms with Crippen molar-refractivity contribution in [1.82, 2.24) is 9.62 Å². The lowest BCUT2D eigenvalue weighted by molar-refractivity contribution is 0.187. The number of anilines is 1. The number of rotatable bonds is 4. The maximum absolute atomic E-state index is 12.6. The van der Waals surface area contributed by atoms with Crippen LogP contribution in [0.25, 0.3) is 0 Å². The molecule has 0 spiro atoms. The summed E-state index contributed by atoms with van der Waals surface area (Å²) in [6.07, 6.45) is 3.37. The largest absolute Gasteiger partial charge is 0.397 e. The highest BCUT2D eigenvalue weighted by atomic mass is 32.2. The van der Waals surface area contributed by atoms with Gasteiger partial charge in [0.2, 0.25) is 10.0 Å². The van der Waals surface area contributed by atoms with E-state index in [9.17, 15) is 8.42 Å². The quantitative estimate of drug-likeness (QED) is 0.829. The Morgan fingerprint density at radius 2 is 1.95 bits per heavy atom. The molecule has 1 saturated heterocycles. The first-order valence-corrected chi connectivity index (χ1v) is 8.87. The molecule has 0 bridgehead atoms. The molecule has 1 aromatic carbocycles. The number of nitrogens with zero attached hydrogens (tertiary/aromatic N) is 1. The van der Waals surface area contributed by atoms with Crippen LogP contribution in [0.5, 0.6) is 0 Å². The predicted octanol–water partition coefficient (Wildman–Crippen LogP) is 1.65. The van der Waals surface area contributed by atoms with Crippen molar-refractivity contribution in [1.29, 1.82) is 0 Å². The van der Waals surface area contributed by atoms with E-state index in [-0.39, 0.29) is 10.9 Å². The van der Waals surface area contributed by atoms with Gasteiger partial charge in [-0.2, -0.15) is 0 Å². The maximum Gasteiger partial charge on any atom is 0.242 e. The first kappa shape index (κ1) is 16.3. The lowest BCUT2D eigenvalue weighted by Crippen LogP contribution is -2.44. The number of hydrogen-bond donors (Lipinski definition) is 2. The van der Waals surface area contributed by atoms with Gasteiger partial charge in [-0.25, -0.2) is 13.1 Å². The van der Waals surface area contributed by atoms with Gasteiger partial charge in [0.1, 0.15) is 4.90 Å². The first-order valence-electron chi connectivity index (χ1n) is 7.38. The van der Waals surface area contributed by atoms with Crippen molar-refractivity contribution in [3.05, 3.63) is 23.3 Å². The van der Waals surface area contributed by atoms with Gasteiger partial charge in [-0.1, -0.05) is 18.6 Å². The van der Waals surface area contributed by atoms with Crippen molar-refractivity contribution < 1.29 is 8.42 Å². The first-order chi connectivity index (χ1) is 9.83. The van der Waals surface area contributed by atoms with Gasteiger partial charge in [0, 0.05) is 12.6 Å². The lowest BCUT2D eigenvalue weighted by atomic mass is 10.0. The number of aryl methyl sites for hydroxylation is 2. The third-order valence-corrected chi connectivity index (χ3v) is 5.94. The zero-order valence-corrected chi connectivity index (χ0v) is 13.8. The summed E-state index contributed by atoms with van der Waals surface area (Å²) >= 11 is 0. The summed E-state index contributed by atoms with van der Waals surface area (Å²) < 4.78 is 27.9. The molecule has 0 aromatic heterocycles.